The molecular weight excluding hydrogens is 242 g/mol. The fourth-order valence-electron chi connectivity index (χ4n) is 1.75. The summed E-state index contributed by atoms with van der Waals surface area (Å²) in [6.45, 7) is 6.59. The van der Waals surface area contributed by atoms with Gasteiger partial charge in [0.1, 0.15) is 5.82 Å². The molecule has 5 heteroatoms. The summed E-state index contributed by atoms with van der Waals surface area (Å²) in [5.74, 6) is 0.355. The topological polar surface area (TPSA) is 77.2 Å². The monoisotopic (exact) mass is 265 g/mol. The first kappa shape index (κ1) is 15.4. The normalized spacial score (nSPS) is 11.2. The van der Waals surface area contributed by atoms with E-state index < -0.39 is 0 Å². The quantitative estimate of drug-likeness (QED) is 0.770. The molecule has 0 bridgehead atoms. The lowest BCUT2D eigenvalue weighted by Gasteiger charge is -2.27. The summed E-state index contributed by atoms with van der Waals surface area (Å²) < 4.78 is 4.69. The lowest BCUT2D eigenvalue weighted by atomic mass is 9.94. The molecular formula is C14H23N3O2. The Balaban J connectivity index is 2.77. The van der Waals surface area contributed by atoms with Crippen molar-refractivity contribution in [3.8, 4) is 0 Å². The van der Waals surface area contributed by atoms with Gasteiger partial charge in [-0.25, -0.2) is 9.78 Å². The van der Waals surface area contributed by atoms with Crippen LogP contribution >= 0.6 is 0 Å². The van der Waals surface area contributed by atoms with Crippen molar-refractivity contribution in [3.63, 3.8) is 0 Å². The van der Waals surface area contributed by atoms with Gasteiger partial charge in [0.05, 0.1) is 18.4 Å². The Bertz CT molecular complexity index is 442. The van der Waals surface area contributed by atoms with Crippen LogP contribution in [-0.2, 0) is 4.74 Å². The number of esters is 1. The number of carbonyl (C=O) groups is 1. The number of hydrogen-bond donors (Lipinski definition) is 2. The molecule has 0 amide bonds. The molecule has 0 radical (unpaired) electrons. The van der Waals surface area contributed by atoms with Gasteiger partial charge >= 0.3 is 5.97 Å². The summed E-state index contributed by atoms with van der Waals surface area (Å²) in [4.78, 5) is 15.8. The van der Waals surface area contributed by atoms with Gasteiger partial charge in [-0.15, -0.1) is 0 Å². The van der Waals surface area contributed by atoms with Crippen LogP contribution in [0.3, 0.4) is 0 Å². The van der Waals surface area contributed by atoms with Crippen molar-refractivity contribution >= 4 is 11.8 Å². The first-order chi connectivity index (χ1) is 8.95. The van der Waals surface area contributed by atoms with E-state index in [9.17, 15) is 4.79 Å². The zero-order valence-corrected chi connectivity index (χ0v) is 12.1. The second kappa shape index (κ2) is 6.52. The minimum atomic E-state index is -0.369. The molecule has 0 saturated carbocycles. The van der Waals surface area contributed by atoms with Crippen molar-refractivity contribution in [2.24, 2.45) is 5.73 Å². The number of aromatic nitrogens is 1. The van der Waals surface area contributed by atoms with E-state index >= 15 is 0 Å². The van der Waals surface area contributed by atoms with Crippen molar-refractivity contribution in [2.45, 2.75) is 39.2 Å². The Kier molecular flexibility index (Phi) is 5.30. The Morgan fingerprint density at radius 2 is 2.05 bits per heavy atom. The van der Waals surface area contributed by atoms with E-state index in [0.717, 1.165) is 18.7 Å². The number of nitrogens with two attached hydrogens (primary N) is 1. The molecule has 1 aromatic heterocycles. The molecule has 0 aliphatic carbocycles. The van der Waals surface area contributed by atoms with Crippen molar-refractivity contribution in [1.29, 1.82) is 0 Å². The molecule has 0 aromatic carbocycles. The Morgan fingerprint density at radius 3 is 2.53 bits per heavy atom. The number of pyridine rings is 1. The summed E-state index contributed by atoms with van der Waals surface area (Å²) in [5.41, 5.74) is 7.12. The van der Waals surface area contributed by atoms with Gasteiger partial charge in [-0.3, -0.25) is 0 Å². The SMILES string of the molecule is CCC(N)(CC)CNc1ccc(C(=O)OC)c(C)n1. The van der Waals surface area contributed by atoms with E-state index in [1.165, 1.54) is 7.11 Å². The highest BCUT2D eigenvalue weighted by Crippen LogP contribution is 2.15. The van der Waals surface area contributed by atoms with Crippen LogP contribution < -0.4 is 11.1 Å². The van der Waals surface area contributed by atoms with Gasteiger partial charge in [-0.2, -0.15) is 0 Å². The first-order valence-electron chi connectivity index (χ1n) is 6.54. The van der Waals surface area contributed by atoms with Crippen molar-refractivity contribution < 1.29 is 9.53 Å². The highest BCUT2D eigenvalue weighted by Gasteiger charge is 2.20. The molecule has 19 heavy (non-hydrogen) atoms. The van der Waals surface area contributed by atoms with Crippen LogP contribution in [0.2, 0.25) is 0 Å². The molecule has 0 spiro atoms. The van der Waals surface area contributed by atoms with E-state index in [1.54, 1.807) is 19.1 Å². The van der Waals surface area contributed by atoms with E-state index in [-0.39, 0.29) is 11.5 Å². The summed E-state index contributed by atoms with van der Waals surface area (Å²) in [5, 5.41) is 3.22. The fourth-order valence-corrected chi connectivity index (χ4v) is 1.75. The van der Waals surface area contributed by atoms with Crippen molar-refractivity contribution in [1.82, 2.24) is 4.98 Å². The van der Waals surface area contributed by atoms with E-state index in [0.29, 0.717) is 17.8 Å². The first-order valence-corrected chi connectivity index (χ1v) is 6.54. The number of hydrogen-bond acceptors (Lipinski definition) is 5. The Labute approximate surface area is 114 Å². The molecule has 5 nitrogen and oxygen atoms in total. The number of methoxy groups -OCH3 is 1. The summed E-state index contributed by atoms with van der Waals surface area (Å²) in [6, 6.07) is 3.48. The molecule has 1 aromatic rings. The molecule has 1 rings (SSSR count). The zero-order valence-electron chi connectivity index (χ0n) is 12.1. The lowest BCUT2D eigenvalue weighted by molar-refractivity contribution is 0.0599. The second-order valence-electron chi connectivity index (χ2n) is 4.74. The molecule has 106 valence electrons. The number of anilines is 1. The average Bonchev–Trinajstić information content (AvgIpc) is 2.44. The number of ether oxygens (including phenoxy) is 1. The van der Waals surface area contributed by atoms with Crippen LogP contribution in [0.5, 0.6) is 0 Å². The zero-order chi connectivity index (χ0) is 14.5. The third kappa shape index (κ3) is 3.92. The number of carbonyl (C=O) groups excluding carboxylic acids is 1. The van der Waals surface area contributed by atoms with Crippen LogP contribution in [0.4, 0.5) is 5.82 Å². The van der Waals surface area contributed by atoms with Crippen LogP contribution in [0.15, 0.2) is 12.1 Å². The predicted octanol–water partition coefficient (Wildman–Crippen LogP) is 2.11. The molecule has 0 fully saturated rings. The maximum absolute atomic E-state index is 11.5. The van der Waals surface area contributed by atoms with Crippen LogP contribution in [0.25, 0.3) is 0 Å². The highest BCUT2D eigenvalue weighted by atomic mass is 16.5. The number of rotatable bonds is 6. The lowest BCUT2D eigenvalue weighted by Crippen LogP contribution is -2.45. The number of nitrogens with one attached hydrogen (secondary N) is 1. The average molecular weight is 265 g/mol. The van der Waals surface area contributed by atoms with E-state index in [2.05, 4.69) is 28.9 Å². The van der Waals surface area contributed by atoms with Gasteiger partial charge in [-0.05, 0) is 31.9 Å². The maximum Gasteiger partial charge on any atom is 0.339 e. The third-order valence-electron chi connectivity index (χ3n) is 3.52. The van der Waals surface area contributed by atoms with Crippen molar-refractivity contribution in [2.75, 3.05) is 19.0 Å². The molecule has 0 aliphatic heterocycles. The van der Waals surface area contributed by atoms with Crippen LogP contribution in [0, 0.1) is 6.92 Å². The molecule has 0 atom stereocenters. The second-order valence-corrected chi connectivity index (χ2v) is 4.74. The fraction of sp³-hybridized carbons (Fsp3) is 0.571. The largest absolute Gasteiger partial charge is 0.465 e. The van der Waals surface area contributed by atoms with Crippen LogP contribution in [-0.4, -0.2) is 30.1 Å². The van der Waals surface area contributed by atoms with E-state index in [4.69, 9.17) is 5.73 Å². The highest BCUT2D eigenvalue weighted by molar-refractivity contribution is 5.90. The predicted molar refractivity (Wildman–Crippen MR) is 76.3 cm³/mol. The maximum atomic E-state index is 11.5. The molecule has 0 aliphatic rings. The molecule has 1 heterocycles. The molecule has 0 unspecified atom stereocenters. The number of nitrogens with zero attached hydrogens (tertiary/aromatic N) is 1. The Hall–Kier alpha value is -1.62. The summed E-state index contributed by atoms with van der Waals surface area (Å²) >= 11 is 0. The third-order valence-corrected chi connectivity index (χ3v) is 3.52. The van der Waals surface area contributed by atoms with Crippen LogP contribution in [0.1, 0.15) is 42.7 Å². The van der Waals surface area contributed by atoms with Gasteiger partial charge in [0.2, 0.25) is 0 Å². The number of aryl methyl sites for hydroxylation is 1. The van der Waals surface area contributed by atoms with E-state index in [1.807, 2.05) is 0 Å². The van der Waals surface area contributed by atoms with Gasteiger partial charge in [0.15, 0.2) is 0 Å². The van der Waals surface area contributed by atoms with Gasteiger partial charge in [0.25, 0.3) is 0 Å². The van der Waals surface area contributed by atoms with Gasteiger partial charge < -0.3 is 15.8 Å². The van der Waals surface area contributed by atoms with Gasteiger partial charge in [0, 0.05) is 12.1 Å². The van der Waals surface area contributed by atoms with Crippen molar-refractivity contribution in [3.05, 3.63) is 23.4 Å². The Morgan fingerprint density at radius 1 is 1.42 bits per heavy atom. The molecule has 3 N–H and O–H groups in total. The standard InChI is InChI=1S/C14H23N3O2/c1-5-14(15,6-2)9-16-12-8-7-11(10(3)17-12)13(18)19-4/h7-8H,5-6,9,15H2,1-4H3,(H,16,17). The summed E-state index contributed by atoms with van der Waals surface area (Å²) in [6.07, 6.45) is 1.80. The van der Waals surface area contributed by atoms with Gasteiger partial charge in [-0.1, -0.05) is 13.8 Å². The minimum absolute atomic E-state index is 0.226. The summed E-state index contributed by atoms with van der Waals surface area (Å²) in [7, 11) is 1.36. The smallest absolute Gasteiger partial charge is 0.339 e. The minimum Gasteiger partial charge on any atom is -0.465 e. The molecule has 0 saturated heterocycles.